The van der Waals surface area contributed by atoms with Gasteiger partial charge in [-0.25, -0.2) is 22.0 Å². The Bertz CT molecular complexity index is 409. The molecule has 8 nitrogen and oxygen atoms in total. The first-order valence-corrected chi connectivity index (χ1v) is 5.52. The average Bonchev–Trinajstić information content (AvgIpc) is 2.24. The molecule has 0 amide bonds. The number of hydrogen-bond donors (Lipinski definition) is 0. The number of rotatable bonds is 7. The van der Waals surface area contributed by atoms with Crippen LogP contribution in [0.5, 0.6) is 0 Å². The number of carbonyl (C=O) groups is 2. The van der Waals surface area contributed by atoms with Crippen molar-refractivity contribution in [2.24, 2.45) is 0 Å². The molecule has 0 aliphatic heterocycles. The summed E-state index contributed by atoms with van der Waals surface area (Å²) in [6.07, 6.45) is 0. The zero-order valence-electron chi connectivity index (χ0n) is 9.63. The molecule has 0 aliphatic rings. The Labute approximate surface area is 101 Å². The fourth-order valence-electron chi connectivity index (χ4n) is 0.504. The number of methoxy groups -OCH3 is 1. The van der Waals surface area contributed by atoms with Crippen molar-refractivity contribution < 1.29 is 45.6 Å². The zero-order chi connectivity index (χ0) is 14.4. The number of hydrogen-bond acceptors (Lipinski definition) is 8. The van der Waals surface area contributed by atoms with E-state index in [-0.39, 0.29) is 0 Å². The van der Waals surface area contributed by atoms with Crippen LogP contribution in [0.1, 0.15) is 0 Å². The van der Waals surface area contributed by atoms with E-state index in [2.05, 4.69) is 14.2 Å². The quantitative estimate of drug-likeness (QED) is 0.223. The van der Waals surface area contributed by atoms with Crippen LogP contribution in [-0.2, 0) is 33.9 Å². The van der Waals surface area contributed by atoms with Crippen molar-refractivity contribution >= 4 is 22.1 Å². The Hall–Kier alpha value is -2.33. The Morgan fingerprint density at radius 2 is 1.74 bits per heavy atom. The zero-order valence-corrected chi connectivity index (χ0v) is 16.8. The van der Waals surface area contributed by atoms with E-state index in [1.165, 1.54) is 0 Å². The standard InChI is InChI=1S/C7H9F2O8S.Rf/c1-15-5(10)2-16-3-6(11)17-4-7(8,9)18(12,13)14;/h4H,2-3H2,1H3,(H,12,13,14);/q-1;/p-1. The Morgan fingerprint density at radius 1 is 1.26 bits per heavy atom. The van der Waals surface area contributed by atoms with Crippen molar-refractivity contribution in [2.45, 2.75) is 5.25 Å². The monoisotopic (exact) mass is 557 g/mol. The minimum Gasteiger partial charge on any atom is -0.746 e. The smallest absolute Gasteiger partial charge is 0.331 e. The number of esters is 2. The molecule has 0 saturated heterocycles. The van der Waals surface area contributed by atoms with E-state index < -0.39 is 47.1 Å². The van der Waals surface area contributed by atoms with Crippen LogP contribution in [0.3, 0.4) is 0 Å². The van der Waals surface area contributed by atoms with Crippen LogP contribution in [0.4, 0.5) is 8.78 Å². The number of halogens is 2. The fraction of sp³-hybridized carbons (Fsp3) is 0.571. The van der Waals surface area contributed by atoms with E-state index >= 15 is 0 Å². The van der Waals surface area contributed by atoms with Crippen molar-refractivity contribution in [1.82, 2.24) is 0 Å². The number of carbonyl (C=O) groups excluding carboxylic acids is 2. The van der Waals surface area contributed by atoms with Crippen LogP contribution in [-0.4, -0.2) is 50.5 Å². The summed E-state index contributed by atoms with van der Waals surface area (Å²) in [6, 6.07) is 0. The van der Waals surface area contributed by atoms with Crippen LogP contribution in [0.2, 0.25) is 0 Å². The van der Waals surface area contributed by atoms with Gasteiger partial charge < -0.3 is 18.8 Å². The molecule has 0 aromatic heterocycles. The summed E-state index contributed by atoms with van der Waals surface area (Å²) in [6.45, 7) is -2.25. The van der Waals surface area contributed by atoms with Gasteiger partial charge in [-0.2, -0.15) is 0 Å². The van der Waals surface area contributed by atoms with E-state index in [4.69, 9.17) is 0 Å². The minimum absolute atomic E-state index is 0. The molecule has 0 rings (SSSR count). The minimum atomic E-state index is -5.97. The Kier molecular flexibility index (Phi) is 7.19. The summed E-state index contributed by atoms with van der Waals surface area (Å²) >= 11 is 0. The third-order valence-electron chi connectivity index (χ3n) is 1.33. The average molecular weight is 557 g/mol. The molecule has 0 aromatic rings. The van der Waals surface area contributed by atoms with Crippen molar-refractivity contribution in [2.75, 3.05) is 20.3 Å². The molecule has 0 unspecified atom stereocenters. The molecular weight excluding hydrogens is 549 g/mol. The Morgan fingerprint density at radius 3 is 2.16 bits per heavy atom. The molecule has 0 aromatic carbocycles. The Balaban J connectivity index is 0. The van der Waals surface area contributed by atoms with Crippen molar-refractivity contribution in [1.29, 1.82) is 0 Å². The van der Waals surface area contributed by atoms with Crippen molar-refractivity contribution in [3.63, 3.8) is 0 Å². The topological polar surface area (TPSA) is 119 Å². The number of alkyl halides is 2. The van der Waals surface area contributed by atoms with Gasteiger partial charge in [0.15, 0.2) is 0 Å². The predicted octanol–water partition coefficient (Wildman–Crippen LogP) is -0.981. The second kappa shape index (κ2) is 7.18. The van der Waals surface area contributed by atoms with Gasteiger partial charge in [0.2, 0.25) is 0 Å². The molecule has 0 aliphatic carbocycles. The molecule has 0 spiro atoms. The summed E-state index contributed by atoms with van der Waals surface area (Å²) < 4.78 is 67.0. The third-order valence-corrected chi connectivity index (χ3v) is 2.09. The first kappa shape index (κ1) is 19.0. The van der Waals surface area contributed by atoms with Gasteiger partial charge in [0, 0.05) is 0 Å². The maximum atomic E-state index is 12.4. The first-order valence-electron chi connectivity index (χ1n) is 4.12. The van der Waals surface area contributed by atoms with Gasteiger partial charge in [-0.1, -0.05) is 6.61 Å². The molecule has 12 heteroatoms. The van der Waals surface area contributed by atoms with Crippen LogP contribution in [0, 0.1) is 6.61 Å². The van der Waals surface area contributed by atoms with E-state index in [9.17, 15) is 31.3 Å². The molecule has 0 radical (unpaired) electrons. The van der Waals surface area contributed by atoms with Crippen molar-refractivity contribution in [3.8, 4) is 0 Å². The van der Waals surface area contributed by atoms with Gasteiger partial charge in [0.25, 0.3) is 5.25 Å². The van der Waals surface area contributed by atoms with Gasteiger partial charge in [0.1, 0.15) is 23.3 Å². The van der Waals surface area contributed by atoms with Crippen LogP contribution in [0.25, 0.3) is 0 Å². The van der Waals surface area contributed by atoms with Crippen LogP contribution in [0.15, 0.2) is 0 Å². The van der Waals surface area contributed by atoms with Crippen LogP contribution < -0.4 is 0 Å². The summed E-state index contributed by atoms with van der Waals surface area (Å²) in [5.74, 6) is -2.23. The molecule has 0 saturated carbocycles. The van der Waals surface area contributed by atoms with E-state index in [0.29, 0.717) is 0 Å². The normalized spacial score (nSPS) is 11.4. The summed E-state index contributed by atoms with van der Waals surface area (Å²) in [5, 5.41) is -4.84. The second-order valence-electron chi connectivity index (χ2n) is 2.69. The molecular formula is C7H8F2O8RfS-2. The largest absolute Gasteiger partial charge is 0.746 e. The van der Waals surface area contributed by atoms with E-state index in [1.807, 2.05) is 0 Å². The molecule has 0 heterocycles. The maximum absolute atomic E-state index is 12.4. The molecule has 0 N–H and O–H groups in total. The summed E-state index contributed by atoms with van der Waals surface area (Å²) in [7, 11) is -4.91. The predicted molar refractivity (Wildman–Crippen MR) is 47.9 cm³/mol. The van der Waals surface area contributed by atoms with Gasteiger partial charge >= 0.3 is 11.9 Å². The SMILES string of the molecule is COC(=O)COCC(=O)O[CH-]C(F)(F)S(=O)(=O)[O-].[Rf]. The summed E-state index contributed by atoms with van der Waals surface area (Å²) in [4.78, 5) is 21.2. The van der Waals surface area contributed by atoms with E-state index in [1.54, 1.807) is 0 Å². The van der Waals surface area contributed by atoms with Crippen molar-refractivity contribution in [3.05, 3.63) is 6.61 Å². The fourth-order valence-corrected chi connectivity index (χ4v) is 0.670. The third kappa shape index (κ3) is 6.85. The van der Waals surface area contributed by atoms with Gasteiger partial charge in [0.05, 0.1) is 7.11 Å². The van der Waals surface area contributed by atoms with Gasteiger partial charge in [-0.15, -0.1) is 0 Å². The number of ether oxygens (including phenoxy) is 3. The molecule has 0 bridgehead atoms. The van der Waals surface area contributed by atoms with Crippen LogP contribution >= 0.6 is 0 Å². The molecule has 0 fully saturated rings. The molecule has 108 valence electrons. The second-order valence-corrected chi connectivity index (χ2v) is 4.15. The molecule has 19 heavy (non-hydrogen) atoms. The summed E-state index contributed by atoms with van der Waals surface area (Å²) in [5.41, 5.74) is 0. The van der Waals surface area contributed by atoms with Gasteiger partial charge in [-0.05, 0) is 0 Å². The maximum Gasteiger partial charge on any atom is 0.331 e. The van der Waals surface area contributed by atoms with E-state index in [0.717, 1.165) is 7.11 Å². The molecule has 0 atom stereocenters. The first-order chi connectivity index (χ1) is 8.10. The van der Waals surface area contributed by atoms with Gasteiger partial charge in [-0.3, -0.25) is 4.79 Å².